The fourth-order valence-corrected chi connectivity index (χ4v) is 2.86. The zero-order chi connectivity index (χ0) is 12.3. The van der Waals surface area contributed by atoms with Gasteiger partial charge in [-0.1, -0.05) is 25.4 Å². The van der Waals surface area contributed by atoms with E-state index in [1.165, 1.54) is 5.56 Å². The van der Waals surface area contributed by atoms with E-state index in [1.54, 1.807) is 11.3 Å². The number of hydrogen-bond acceptors (Lipinski definition) is 4. The average molecular weight is 271 g/mol. The van der Waals surface area contributed by atoms with E-state index in [2.05, 4.69) is 30.1 Å². The summed E-state index contributed by atoms with van der Waals surface area (Å²) in [5.74, 6) is 1.19. The van der Waals surface area contributed by atoms with Crippen molar-refractivity contribution in [2.45, 2.75) is 38.5 Å². The van der Waals surface area contributed by atoms with Crippen LogP contribution in [0.1, 0.15) is 43.5 Å². The number of alkyl halides is 1. The van der Waals surface area contributed by atoms with Gasteiger partial charge in [-0.15, -0.1) is 22.9 Å². The first-order chi connectivity index (χ1) is 8.26. The standard InChI is InChI=1S/C12H15ClN2OS/c1-3-5-9(13)11-14-12(16-15-11)10-8(4-2)6-7-17-10/h6-7,9H,3-5H2,1-2H3. The summed E-state index contributed by atoms with van der Waals surface area (Å²) in [7, 11) is 0. The maximum atomic E-state index is 6.17. The van der Waals surface area contributed by atoms with Crippen LogP contribution in [-0.2, 0) is 6.42 Å². The number of thiophene rings is 1. The zero-order valence-electron chi connectivity index (χ0n) is 9.94. The Morgan fingerprint density at radius 2 is 2.29 bits per heavy atom. The molecule has 1 atom stereocenters. The van der Waals surface area contributed by atoms with Crippen LogP contribution in [0.25, 0.3) is 10.8 Å². The summed E-state index contributed by atoms with van der Waals surface area (Å²) < 4.78 is 5.28. The summed E-state index contributed by atoms with van der Waals surface area (Å²) >= 11 is 7.80. The van der Waals surface area contributed by atoms with E-state index in [9.17, 15) is 0 Å². The first kappa shape index (κ1) is 12.6. The van der Waals surface area contributed by atoms with Crippen LogP contribution in [0.5, 0.6) is 0 Å². The fraction of sp³-hybridized carbons (Fsp3) is 0.500. The van der Waals surface area contributed by atoms with Crippen molar-refractivity contribution in [1.29, 1.82) is 0 Å². The van der Waals surface area contributed by atoms with Crippen molar-refractivity contribution >= 4 is 22.9 Å². The Kier molecular flexibility index (Phi) is 4.18. The molecule has 2 aromatic heterocycles. The summed E-state index contributed by atoms with van der Waals surface area (Å²) in [5.41, 5.74) is 1.24. The molecule has 0 radical (unpaired) electrons. The van der Waals surface area contributed by atoms with Crippen LogP contribution in [-0.4, -0.2) is 10.1 Å². The Morgan fingerprint density at radius 3 is 3.00 bits per heavy atom. The maximum absolute atomic E-state index is 6.17. The molecule has 92 valence electrons. The lowest BCUT2D eigenvalue weighted by Crippen LogP contribution is -1.92. The van der Waals surface area contributed by atoms with Gasteiger partial charge in [-0.2, -0.15) is 4.98 Å². The van der Waals surface area contributed by atoms with Crippen molar-refractivity contribution in [3.8, 4) is 10.8 Å². The minimum Gasteiger partial charge on any atom is -0.333 e. The Hall–Kier alpha value is -0.870. The lowest BCUT2D eigenvalue weighted by Gasteiger charge is -1.99. The van der Waals surface area contributed by atoms with Gasteiger partial charge in [0.05, 0.1) is 10.3 Å². The molecule has 2 aromatic rings. The van der Waals surface area contributed by atoms with Crippen LogP contribution in [0, 0.1) is 0 Å². The smallest absolute Gasteiger partial charge is 0.268 e. The van der Waals surface area contributed by atoms with Gasteiger partial charge in [0.15, 0.2) is 5.82 Å². The highest BCUT2D eigenvalue weighted by molar-refractivity contribution is 7.13. The van der Waals surface area contributed by atoms with Crippen LogP contribution >= 0.6 is 22.9 Å². The van der Waals surface area contributed by atoms with Crippen molar-refractivity contribution in [1.82, 2.24) is 10.1 Å². The largest absolute Gasteiger partial charge is 0.333 e. The minimum atomic E-state index is -0.150. The summed E-state index contributed by atoms with van der Waals surface area (Å²) in [6.45, 7) is 4.20. The Morgan fingerprint density at radius 1 is 1.47 bits per heavy atom. The predicted octanol–water partition coefficient (Wildman–Crippen LogP) is 4.44. The highest BCUT2D eigenvalue weighted by atomic mass is 35.5. The molecule has 0 aliphatic rings. The number of hydrogen-bond donors (Lipinski definition) is 0. The molecule has 5 heteroatoms. The number of aryl methyl sites for hydroxylation is 1. The Labute approximate surface area is 110 Å². The van der Waals surface area contributed by atoms with Crippen molar-refractivity contribution in [3.63, 3.8) is 0 Å². The highest BCUT2D eigenvalue weighted by Crippen LogP contribution is 2.31. The molecule has 0 spiro atoms. The Bertz CT molecular complexity index is 480. The SMILES string of the molecule is CCCC(Cl)c1noc(-c2sccc2CC)n1. The summed E-state index contributed by atoms with van der Waals surface area (Å²) in [6.07, 6.45) is 2.85. The third kappa shape index (κ3) is 2.69. The van der Waals surface area contributed by atoms with Crippen molar-refractivity contribution < 1.29 is 4.52 Å². The van der Waals surface area contributed by atoms with E-state index in [1.807, 2.05) is 5.38 Å². The van der Waals surface area contributed by atoms with Crippen LogP contribution in [0.3, 0.4) is 0 Å². The van der Waals surface area contributed by atoms with Gasteiger partial charge in [0.2, 0.25) is 0 Å². The monoisotopic (exact) mass is 270 g/mol. The topological polar surface area (TPSA) is 38.9 Å². The molecule has 0 aromatic carbocycles. The van der Waals surface area contributed by atoms with Gasteiger partial charge in [-0.25, -0.2) is 0 Å². The lowest BCUT2D eigenvalue weighted by atomic mass is 10.2. The molecule has 0 fully saturated rings. The number of rotatable bonds is 5. The van der Waals surface area contributed by atoms with Gasteiger partial charge >= 0.3 is 0 Å². The second-order valence-electron chi connectivity index (χ2n) is 3.84. The van der Waals surface area contributed by atoms with Crippen LogP contribution in [0.4, 0.5) is 0 Å². The Balaban J connectivity index is 2.23. The maximum Gasteiger partial charge on any atom is 0.268 e. The van der Waals surface area contributed by atoms with Crippen molar-refractivity contribution in [3.05, 3.63) is 22.8 Å². The lowest BCUT2D eigenvalue weighted by molar-refractivity contribution is 0.421. The molecule has 17 heavy (non-hydrogen) atoms. The van der Waals surface area contributed by atoms with Gasteiger partial charge < -0.3 is 4.52 Å². The molecule has 0 aliphatic carbocycles. The number of halogens is 1. The second-order valence-corrected chi connectivity index (χ2v) is 5.29. The zero-order valence-corrected chi connectivity index (χ0v) is 11.5. The molecule has 2 heterocycles. The predicted molar refractivity (Wildman–Crippen MR) is 70.5 cm³/mol. The van der Waals surface area contributed by atoms with E-state index in [4.69, 9.17) is 16.1 Å². The number of aromatic nitrogens is 2. The van der Waals surface area contributed by atoms with Gasteiger partial charge in [0.1, 0.15) is 0 Å². The molecular formula is C12H15ClN2OS. The average Bonchev–Trinajstić information content (AvgIpc) is 2.97. The van der Waals surface area contributed by atoms with E-state index in [0.29, 0.717) is 11.7 Å². The van der Waals surface area contributed by atoms with Gasteiger partial charge in [-0.05, 0) is 29.9 Å². The van der Waals surface area contributed by atoms with Crippen LogP contribution in [0.2, 0.25) is 0 Å². The molecule has 0 amide bonds. The quantitative estimate of drug-likeness (QED) is 0.754. The molecule has 1 unspecified atom stereocenters. The van der Waals surface area contributed by atoms with Gasteiger partial charge in [0.25, 0.3) is 5.89 Å². The van der Waals surface area contributed by atoms with Gasteiger partial charge in [0, 0.05) is 0 Å². The summed E-state index contributed by atoms with van der Waals surface area (Å²) in [4.78, 5) is 5.44. The normalized spacial score (nSPS) is 12.9. The first-order valence-corrected chi connectivity index (χ1v) is 7.12. The summed E-state index contributed by atoms with van der Waals surface area (Å²) in [5, 5.41) is 5.85. The molecular weight excluding hydrogens is 256 g/mol. The molecule has 0 saturated carbocycles. The second kappa shape index (κ2) is 5.65. The first-order valence-electron chi connectivity index (χ1n) is 5.80. The third-order valence-electron chi connectivity index (χ3n) is 2.59. The minimum absolute atomic E-state index is 0.150. The molecule has 0 bridgehead atoms. The molecule has 3 nitrogen and oxygen atoms in total. The van der Waals surface area contributed by atoms with Crippen LogP contribution in [0.15, 0.2) is 16.0 Å². The molecule has 2 rings (SSSR count). The summed E-state index contributed by atoms with van der Waals surface area (Å²) in [6, 6.07) is 2.09. The van der Waals surface area contributed by atoms with Crippen LogP contribution < -0.4 is 0 Å². The van der Waals surface area contributed by atoms with E-state index >= 15 is 0 Å². The molecule has 0 saturated heterocycles. The van der Waals surface area contributed by atoms with E-state index < -0.39 is 0 Å². The fourth-order valence-electron chi connectivity index (χ4n) is 1.64. The van der Waals surface area contributed by atoms with E-state index in [-0.39, 0.29) is 5.38 Å². The van der Waals surface area contributed by atoms with Crippen molar-refractivity contribution in [2.75, 3.05) is 0 Å². The molecule has 0 N–H and O–H groups in total. The highest BCUT2D eigenvalue weighted by Gasteiger charge is 2.18. The van der Waals surface area contributed by atoms with Crippen molar-refractivity contribution in [2.24, 2.45) is 0 Å². The van der Waals surface area contributed by atoms with Gasteiger partial charge in [-0.3, -0.25) is 0 Å². The van der Waals surface area contributed by atoms with E-state index in [0.717, 1.165) is 24.1 Å². The molecule has 0 aliphatic heterocycles. The third-order valence-corrected chi connectivity index (χ3v) is 3.94. The number of nitrogens with zero attached hydrogens (tertiary/aromatic N) is 2.